The summed E-state index contributed by atoms with van der Waals surface area (Å²) in [6, 6.07) is 0. The molecule has 19 fully saturated rings. The van der Waals surface area contributed by atoms with E-state index in [2.05, 4.69) is 0 Å². The van der Waals surface area contributed by atoms with Gasteiger partial charge in [-0.05, 0) is 168 Å². The van der Waals surface area contributed by atoms with Gasteiger partial charge in [0.25, 0.3) is 0 Å². The molecule has 19 aliphatic carbocycles. The monoisotopic (exact) mass is 370 g/mol. The minimum atomic E-state index is 1.05. The van der Waals surface area contributed by atoms with Crippen LogP contribution in [0.1, 0.15) is 32.1 Å². The van der Waals surface area contributed by atoms with Crippen molar-refractivity contribution in [2.45, 2.75) is 32.1 Å². The Morgan fingerprint density at radius 1 is 0.379 bits per heavy atom. The Balaban J connectivity index is 1.15. The summed E-state index contributed by atoms with van der Waals surface area (Å²) in [6.45, 7) is 0. The molecule has 0 nitrogen and oxygen atoms in total. The molecule has 19 rings (SSSR count). The van der Waals surface area contributed by atoms with Crippen LogP contribution in [0.15, 0.2) is 0 Å². The van der Waals surface area contributed by atoms with Gasteiger partial charge >= 0.3 is 0 Å². The van der Waals surface area contributed by atoms with E-state index in [1.54, 1.807) is 19.3 Å². The van der Waals surface area contributed by atoms with Crippen molar-refractivity contribution in [3.8, 4) is 0 Å². The Morgan fingerprint density at radius 3 is 1.66 bits per heavy atom. The largest absolute Gasteiger partial charge is 0.0458 e. The Labute approximate surface area is 168 Å². The summed E-state index contributed by atoms with van der Waals surface area (Å²) in [6.07, 6.45) is 9.00. The predicted molar refractivity (Wildman–Crippen MR) is 94.2 cm³/mol. The molecule has 0 amide bonds. The van der Waals surface area contributed by atoms with Crippen LogP contribution in [0, 0.1) is 136 Å². The highest BCUT2D eigenvalue weighted by molar-refractivity contribution is 5.98. The fourth-order valence-corrected chi connectivity index (χ4v) is 28.8. The summed E-state index contributed by atoms with van der Waals surface area (Å²) in [5.41, 5.74) is 13.3. The molecular formula is C29H22. The topological polar surface area (TPSA) is 0 Å². The lowest BCUT2D eigenvalue weighted by Gasteiger charge is -3.53. The molecule has 0 bridgehead atoms. The average molecular weight is 370 g/mol. The number of fused-ring (bicyclic) bond motifs is 8. The van der Waals surface area contributed by atoms with E-state index in [1.807, 2.05) is 12.8 Å². The van der Waals surface area contributed by atoms with Gasteiger partial charge in [0.2, 0.25) is 0 Å². The fraction of sp³-hybridized carbons (Fsp3) is 1.00. The molecule has 0 aliphatic heterocycles. The van der Waals surface area contributed by atoms with Crippen LogP contribution in [-0.4, -0.2) is 0 Å². The van der Waals surface area contributed by atoms with E-state index in [-0.39, 0.29) is 0 Å². The molecule has 0 N–H and O–H groups in total. The molecule has 29 heavy (non-hydrogen) atoms. The third-order valence-electron chi connectivity index (χ3n) is 23.5. The normalized spacial score (nSPS) is 128. The smallest absolute Gasteiger partial charge is 0.00109 e. The summed E-state index contributed by atoms with van der Waals surface area (Å²) < 4.78 is 0. The third-order valence-corrected chi connectivity index (χ3v) is 23.5. The van der Waals surface area contributed by atoms with E-state index in [9.17, 15) is 0 Å². The minimum Gasteiger partial charge on any atom is -0.0458 e. The maximum atomic E-state index is 1.83. The molecule has 0 saturated heterocycles. The molecule has 19 saturated carbocycles. The number of hydrogen-bond acceptors (Lipinski definition) is 0. The lowest BCUT2D eigenvalue weighted by atomic mass is 8.49. The molecular weight excluding hydrogens is 348 g/mol. The number of hydrogen-bond donors (Lipinski definition) is 0. The standard InChI is InChI=1S/C29H22/c1-6-12-4-18-5-13-15-9-2-7-14-8-3-11-17-16-10(1)19(6)22(12,18)28-23(13,18)25(15)20(7,9)24(14)21(8,11)27(17,26(16,19)28)29(24,25)28/h6-17H,1-5H2. The summed E-state index contributed by atoms with van der Waals surface area (Å²) in [5, 5.41) is 0. The molecule has 0 heterocycles. The van der Waals surface area contributed by atoms with E-state index in [0.717, 1.165) is 65.0 Å². The van der Waals surface area contributed by atoms with Crippen LogP contribution in [0.5, 0.6) is 0 Å². The highest BCUT2D eigenvalue weighted by atomic mass is 15.6. The first-order chi connectivity index (χ1) is 14.4. The van der Waals surface area contributed by atoms with Gasteiger partial charge in [-0.25, -0.2) is 0 Å². The molecule has 24 unspecified atom stereocenters. The van der Waals surface area contributed by atoms with E-state index in [0.29, 0.717) is 0 Å². The van der Waals surface area contributed by atoms with Crippen LogP contribution < -0.4 is 0 Å². The second kappa shape index (κ2) is 1.60. The second-order valence-corrected chi connectivity index (χ2v) is 18.1. The zero-order valence-electron chi connectivity index (χ0n) is 16.5. The van der Waals surface area contributed by atoms with Crippen molar-refractivity contribution in [2.24, 2.45) is 136 Å². The van der Waals surface area contributed by atoms with Crippen molar-refractivity contribution in [1.29, 1.82) is 0 Å². The van der Waals surface area contributed by atoms with E-state index in [1.165, 1.54) is 71.0 Å². The Kier molecular flexibility index (Phi) is 0.567. The van der Waals surface area contributed by atoms with Gasteiger partial charge in [0.05, 0.1) is 0 Å². The van der Waals surface area contributed by atoms with E-state index in [4.69, 9.17) is 0 Å². The van der Waals surface area contributed by atoms with Gasteiger partial charge < -0.3 is 0 Å². The first-order valence-electron chi connectivity index (χ1n) is 14.4. The molecule has 0 aromatic rings. The van der Waals surface area contributed by atoms with Crippen molar-refractivity contribution in [1.82, 2.24) is 0 Å². The Hall–Kier alpha value is 0. The van der Waals surface area contributed by atoms with Crippen molar-refractivity contribution in [3.63, 3.8) is 0 Å². The maximum Gasteiger partial charge on any atom is -0.00109 e. The summed E-state index contributed by atoms with van der Waals surface area (Å²) >= 11 is 0. The minimum absolute atomic E-state index is 1.05. The molecule has 0 radical (unpaired) electrons. The van der Waals surface area contributed by atoms with Gasteiger partial charge in [0.15, 0.2) is 0 Å². The summed E-state index contributed by atoms with van der Waals surface area (Å²) in [7, 11) is 0. The molecule has 0 aromatic carbocycles. The van der Waals surface area contributed by atoms with Gasteiger partial charge in [0, 0.05) is 0 Å². The summed E-state index contributed by atoms with van der Waals surface area (Å²) in [4.78, 5) is 0. The van der Waals surface area contributed by atoms with Crippen molar-refractivity contribution in [3.05, 3.63) is 0 Å². The van der Waals surface area contributed by atoms with Gasteiger partial charge in [-0.15, -0.1) is 0 Å². The molecule has 19 aliphatic rings. The van der Waals surface area contributed by atoms with Crippen LogP contribution in [0.4, 0.5) is 0 Å². The number of rotatable bonds is 0. The lowest BCUT2D eigenvalue weighted by Crippen LogP contribution is -3.51. The first kappa shape index (κ1) is 10.3. The van der Waals surface area contributed by atoms with E-state index >= 15 is 0 Å². The maximum absolute atomic E-state index is 1.83. The van der Waals surface area contributed by atoms with Crippen molar-refractivity contribution >= 4 is 0 Å². The molecule has 0 heteroatoms. The summed E-state index contributed by atoms with van der Waals surface area (Å²) in [5.74, 6) is 16.2. The highest BCUT2D eigenvalue weighted by Gasteiger charge is 3.53. The predicted octanol–water partition coefficient (Wildman–Crippen LogP) is 3.43. The Morgan fingerprint density at radius 2 is 0.897 bits per heavy atom. The second-order valence-electron chi connectivity index (χ2n) is 18.1. The first-order valence-corrected chi connectivity index (χ1v) is 14.4. The molecule has 138 valence electrons. The van der Waals surface area contributed by atoms with Gasteiger partial charge in [-0.2, -0.15) is 0 Å². The van der Waals surface area contributed by atoms with Crippen LogP contribution in [0.3, 0.4) is 0 Å². The zero-order chi connectivity index (χ0) is 16.5. The molecule has 24 atom stereocenters. The quantitative estimate of drug-likeness (QED) is 0.613. The van der Waals surface area contributed by atoms with Crippen molar-refractivity contribution in [2.75, 3.05) is 0 Å². The van der Waals surface area contributed by atoms with E-state index < -0.39 is 0 Å². The zero-order valence-corrected chi connectivity index (χ0v) is 16.5. The Bertz CT molecular complexity index is 1540. The van der Waals surface area contributed by atoms with Gasteiger partial charge in [0.1, 0.15) is 0 Å². The van der Waals surface area contributed by atoms with Gasteiger partial charge in [-0.1, -0.05) is 0 Å². The average Bonchev–Trinajstić information content (AvgIpc) is 2.58. The highest BCUT2D eigenvalue weighted by Crippen LogP contribution is 3.55. The SMILES string of the molecule is C1C2C3CC45CC6C7C8CC9C%10C%11CC%12C%13C%14C1C21C34C23C65C74C98C%105C%11%12C%13(C%1412)C543. The van der Waals surface area contributed by atoms with Crippen LogP contribution in [0.2, 0.25) is 0 Å². The van der Waals surface area contributed by atoms with Gasteiger partial charge in [-0.3, -0.25) is 0 Å². The fourth-order valence-electron chi connectivity index (χ4n) is 28.8. The van der Waals surface area contributed by atoms with Crippen molar-refractivity contribution < 1.29 is 0 Å². The lowest BCUT2D eigenvalue weighted by molar-refractivity contribution is -1.08. The van der Waals surface area contributed by atoms with Crippen LogP contribution in [-0.2, 0) is 0 Å². The van der Waals surface area contributed by atoms with Crippen LogP contribution in [0.25, 0.3) is 0 Å². The molecule has 12 spiro atoms. The molecule has 0 aromatic heterocycles. The third kappa shape index (κ3) is 0.243. The van der Waals surface area contributed by atoms with Crippen LogP contribution >= 0.6 is 0 Å².